The second-order valence-corrected chi connectivity index (χ2v) is 10.1. The molecule has 9 heteroatoms. The van der Waals surface area contributed by atoms with E-state index in [0.29, 0.717) is 29.7 Å². The molecule has 210 valence electrons. The second-order valence-electron chi connectivity index (χ2n) is 10.1. The van der Waals surface area contributed by atoms with Crippen LogP contribution in [0.4, 0.5) is 0 Å². The van der Waals surface area contributed by atoms with Crippen LogP contribution in [-0.2, 0) is 12.8 Å². The summed E-state index contributed by atoms with van der Waals surface area (Å²) in [6.07, 6.45) is 4.63. The maximum Gasteiger partial charge on any atom is 0.439 e. The molecule has 1 aliphatic rings. The molecule has 2 aromatic heterocycles. The topological polar surface area (TPSA) is 103 Å². The van der Waals surface area contributed by atoms with E-state index in [2.05, 4.69) is 17.1 Å². The fraction of sp³-hybridized carbons (Fsp3) is 0.250. The zero-order valence-corrected chi connectivity index (χ0v) is 23.7. The first-order valence-corrected chi connectivity index (χ1v) is 13.6. The summed E-state index contributed by atoms with van der Waals surface area (Å²) in [7, 11) is 0. The number of ether oxygens (including phenoxy) is 1. The van der Waals surface area contributed by atoms with E-state index in [1.807, 2.05) is 79.7 Å². The van der Waals surface area contributed by atoms with Crippen LogP contribution in [0.3, 0.4) is 0 Å². The number of aromatic nitrogens is 4. The molecule has 0 bridgehead atoms. The molecule has 1 N–H and O–H groups in total. The minimum absolute atomic E-state index is 0. The molecule has 0 unspecified atom stereocenters. The van der Waals surface area contributed by atoms with Crippen LogP contribution in [0.15, 0.2) is 86.9 Å². The van der Waals surface area contributed by atoms with Gasteiger partial charge in [-0.3, -0.25) is 18.9 Å². The van der Waals surface area contributed by atoms with Crippen molar-refractivity contribution in [2.75, 3.05) is 0 Å². The van der Waals surface area contributed by atoms with Crippen molar-refractivity contribution in [3.05, 3.63) is 116 Å². The first kappa shape index (κ1) is 28.1. The fourth-order valence-electron chi connectivity index (χ4n) is 4.99. The Morgan fingerprint density at radius 1 is 0.976 bits per heavy atom. The molecule has 0 spiro atoms. The Labute approximate surface area is 243 Å². The number of benzene rings is 3. The smallest absolute Gasteiger partial charge is 0.439 e. The van der Waals surface area contributed by atoms with E-state index >= 15 is 0 Å². The van der Waals surface area contributed by atoms with Crippen molar-refractivity contribution in [1.29, 1.82) is 0 Å². The Balaban J connectivity index is 0.00000337. The predicted molar refractivity (Wildman–Crippen MR) is 160 cm³/mol. The van der Waals surface area contributed by atoms with Crippen LogP contribution in [0.5, 0.6) is 5.75 Å². The summed E-state index contributed by atoms with van der Waals surface area (Å²) < 4.78 is 12.3. The van der Waals surface area contributed by atoms with E-state index in [1.165, 1.54) is 0 Å². The SMILES string of the molecule is CCCc1nc(C)n(-c2ccc(OC3CC3)cc2)c(=O)c1Cc1ccc(-c2ccccc2-c2noc(=O)[nH]2)cc1.Cl. The zero-order valence-electron chi connectivity index (χ0n) is 22.9. The third-order valence-corrected chi connectivity index (χ3v) is 7.11. The van der Waals surface area contributed by atoms with Crippen molar-refractivity contribution < 1.29 is 9.26 Å². The van der Waals surface area contributed by atoms with Crippen LogP contribution in [0.1, 0.15) is 48.8 Å². The normalized spacial score (nSPS) is 12.6. The van der Waals surface area contributed by atoms with Crippen molar-refractivity contribution in [1.82, 2.24) is 19.7 Å². The number of H-pyrrole nitrogens is 1. The number of aryl methyl sites for hydroxylation is 2. The van der Waals surface area contributed by atoms with Crippen LogP contribution in [-0.4, -0.2) is 25.8 Å². The van der Waals surface area contributed by atoms with E-state index in [4.69, 9.17) is 14.2 Å². The molecule has 1 aliphatic carbocycles. The molecular formula is C32H31ClN4O4. The zero-order chi connectivity index (χ0) is 27.6. The molecule has 0 saturated heterocycles. The highest BCUT2D eigenvalue weighted by Gasteiger charge is 2.23. The molecule has 0 aliphatic heterocycles. The summed E-state index contributed by atoms with van der Waals surface area (Å²) in [5.41, 5.74) is 5.94. The third-order valence-electron chi connectivity index (χ3n) is 7.11. The van der Waals surface area contributed by atoms with Gasteiger partial charge in [0.2, 0.25) is 0 Å². The van der Waals surface area contributed by atoms with Gasteiger partial charge in [-0.2, -0.15) is 0 Å². The minimum atomic E-state index is -0.595. The monoisotopic (exact) mass is 570 g/mol. The Hall–Kier alpha value is -4.43. The van der Waals surface area contributed by atoms with Crippen LogP contribution < -0.4 is 16.1 Å². The first-order valence-electron chi connectivity index (χ1n) is 13.6. The number of nitrogens with zero attached hydrogens (tertiary/aromatic N) is 3. The lowest BCUT2D eigenvalue weighted by Gasteiger charge is -2.16. The van der Waals surface area contributed by atoms with E-state index in [0.717, 1.165) is 65.1 Å². The number of aromatic amines is 1. The van der Waals surface area contributed by atoms with Crippen LogP contribution in [0, 0.1) is 6.92 Å². The largest absolute Gasteiger partial charge is 0.490 e. The summed E-state index contributed by atoms with van der Waals surface area (Å²) in [5, 5.41) is 3.85. The molecule has 1 saturated carbocycles. The average molecular weight is 571 g/mol. The summed E-state index contributed by atoms with van der Waals surface area (Å²) in [6, 6.07) is 23.5. The van der Waals surface area contributed by atoms with Gasteiger partial charge in [0, 0.05) is 17.5 Å². The maximum absolute atomic E-state index is 13.9. The number of hydrogen-bond acceptors (Lipinski definition) is 6. The summed E-state index contributed by atoms with van der Waals surface area (Å²) in [5.74, 6) is 1.28. The van der Waals surface area contributed by atoms with Gasteiger partial charge in [-0.15, -0.1) is 12.4 Å². The lowest BCUT2D eigenvalue weighted by molar-refractivity contribution is 0.303. The first-order chi connectivity index (χ1) is 19.5. The van der Waals surface area contributed by atoms with Crippen molar-refractivity contribution in [2.24, 2.45) is 0 Å². The van der Waals surface area contributed by atoms with Gasteiger partial charge in [-0.25, -0.2) is 9.78 Å². The molecule has 3 aromatic carbocycles. The molecule has 1 fully saturated rings. The van der Waals surface area contributed by atoms with Gasteiger partial charge in [0.15, 0.2) is 5.82 Å². The van der Waals surface area contributed by atoms with Crippen LogP contribution in [0.2, 0.25) is 0 Å². The summed E-state index contributed by atoms with van der Waals surface area (Å²) >= 11 is 0. The molecule has 0 amide bonds. The van der Waals surface area contributed by atoms with Gasteiger partial charge in [-0.05, 0) is 67.1 Å². The highest BCUT2D eigenvalue weighted by atomic mass is 35.5. The lowest BCUT2D eigenvalue weighted by atomic mass is 9.96. The van der Waals surface area contributed by atoms with E-state index in [-0.39, 0.29) is 18.0 Å². The van der Waals surface area contributed by atoms with Crippen LogP contribution in [0.25, 0.3) is 28.2 Å². The van der Waals surface area contributed by atoms with Crippen molar-refractivity contribution in [3.8, 4) is 34.0 Å². The molecule has 6 rings (SSSR count). The van der Waals surface area contributed by atoms with E-state index in [9.17, 15) is 9.59 Å². The van der Waals surface area contributed by atoms with Crippen molar-refractivity contribution in [2.45, 2.75) is 52.1 Å². The molecular weight excluding hydrogens is 540 g/mol. The quantitative estimate of drug-likeness (QED) is 0.231. The number of halogens is 1. The van der Waals surface area contributed by atoms with Crippen molar-refractivity contribution in [3.63, 3.8) is 0 Å². The Morgan fingerprint density at radius 2 is 1.68 bits per heavy atom. The average Bonchev–Trinajstić information content (AvgIpc) is 3.68. The van der Waals surface area contributed by atoms with Gasteiger partial charge >= 0.3 is 5.76 Å². The van der Waals surface area contributed by atoms with Gasteiger partial charge in [0.1, 0.15) is 11.6 Å². The third kappa shape index (κ3) is 6.02. The molecule has 0 radical (unpaired) electrons. The fourth-order valence-corrected chi connectivity index (χ4v) is 4.99. The van der Waals surface area contributed by atoms with Crippen LogP contribution >= 0.6 is 12.4 Å². The Bertz CT molecular complexity index is 1770. The highest BCUT2D eigenvalue weighted by molar-refractivity contribution is 5.85. The van der Waals surface area contributed by atoms with E-state index < -0.39 is 5.76 Å². The molecule has 8 nitrogen and oxygen atoms in total. The minimum Gasteiger partial charge on any atom is -0.490 e. The Morgan fingerprint density at radius 3 is 2.32 bits per heavy atom. The molecule has 2 heterocycles. The number of nitrogens with one attached hydrogen (secondary N) is 1. The van der Waals surface area contributed by atoms with Gasteiger partial charge < -0.3 is 4.74 Å². The Kier molecular flexibility index (Phi) is 8.21. The van der Waals surface area contributed by atoms with Gasteiger partial charge in [0.25, 0.3) is 5.56 Å². The van der Waals surface area contributed by atoms with Gasteiger partial charge in [0.05, 0.1) is 17.5 Å². The molecule has 41 heavy (non-hydrogen) atoms. The molecule has 0 atom stereocenters. The lowest BCUT2D eigenvalue weighted by Crippen LogP contribution is -2.28. The standard InChI is InChI=1S/C32H30N4O4.ClH/c1-3-6-29-28(31(37)36(20(2)33-29)23-13-15-24(16-14-23)39-25-17-18-25)19-21-9-11-22(12-10-21)26-7-4-5-8-27(26)30-34-32(38)40-35-30;/h4-5,7-16,25H,3,6,17-19H2,1-2H3,(H,34,35,38);1H. The molecule has 5 aromatic rings. The summed E-state index contributed by atoms with van der Waals surface area (Å²) in [4.78, 5) is 32.9. The predicted octanol–water partition coefficient (Wildman–Crippen LogP) is 6.06. The highest BCUT2D eigenvalue weighted by Crippen LogP contribution is 2.30. The second kappa shape index (κ2) is 12.0. The van der Waals surface area contributed by atoms with E-state index in [1.54, 1.807) is 4.57 Å². The number of rotatable bonds is 9. The summed E-state index contributed by atoms with van der Waals surface area (Å²) in [6.45, 7) is 3.98. The van der Waals surface area contributed by atoms with Crippen molar-refractivity contribution >= 4 is 12.4 Å². The number of hydrogen-bond donors (Lipinski definition) is 1. The maximum atomic E-state index is 13.9. The van der Waals surface area contributed by atoms with Gasteiger partial charge in [-0.1, -0.05) is 67.0 Å².